The van der Waals surface area contributed by atoms with E-state index in [2.05, 4.69) is 22.1 Å². The number of hydrogen-bond acceptors (Lipinski definition) is 4. The third-order valence-corrected chi connectivity index (χ3v) is 4.50. The number of nitrogens with one attached hydrogen (secondary N) is 1. The van der Waals surface area contributed by atoms with Gasteiger partial charge in [-0.25, -0.2) is 9.78 Å². The summed E-state index contributed by atoms with van der Waals surface area (Å²) in [7, 11) is 0. The van der Waals surface area contributed by atoms with Gasteiger partial charge in [0.15, 0.2) is 5.16 Å². The molecule has 0 atom stereocenters. The smallest absolute Gasteiger partial charge is 0.335 e. The quantitative estimate of drug-likeness (QED) is 0.643. The first-order valence-corrected chi connectivity index (χ1v) is 8.54. The molecule has 3 rings (SSSR count). The van der Waals surface area contributed by atoms with Crippen molar-refractivity contribution in [1.29, 1.82) is 0 Å². The van der Waals surface area contributed by atoms with Crippen LogP contribution in [0.5, 0.6) is 0 Å². The molecule has 0 radical (unpaired) electrons. The van der Waals surface area contributed by atoms with E-state index in [-0.39, 0.29) is 11.1 Å². The van der Waals surface area contributed by atoms with Gasteiger partial charge in [0, 0.05) is 11.8 Å². The zero-order chi connectivity index (χ0) is 16.9. The molecule has 24 heavy (non-hydrogen) atoms. The summed E-state index contributed by atoms with van der Waals surface area (Å²) in [5, 5.41) is 9.56. The third-order valence-electron chi connectivity index (χ3n) is 3.56. The second-order valence-electron chi connectivity index (χ2n) is 5.37. The highest BCUT2D eigenvalue weighted by Gasteiger charge is 2.08. The van der Waals surface area contributed by atoms with Gasteiger partial charge in [0.25, 0.3) is 5.56 Å². The van der Waals surface area contributed by atoms with Crippen LogP contribution in [-0.2, 0) is 5.75 Å². The third kappa shape index (κ3) is 4.02. The molecule has 0 saturated carbocycles. The molecule has 1 heterocycles. The Morgan fingerprint density at radius 3 is 2.92 bits per heavy atom. The first-order chi connectivity index (χ1) is 11.6. The summed E-state index contributed by atoms with van der Waals surface area (Å²) in [5.74, 6) is -0.422. The first kappa shape index (κ1) is 16.3. The molecule has 1 aromatic heterocycles. The minimum absolute atomic E-state index is 0.193. The van der Waals surface area contributed by atoms with Crippen LogP contribution in [0.15, 0.2) is 58.5 Å². The highest BCUT2D eigenvalue weighted by atomic mass is 32.2. The van der Waals surface area contributed by atoms with E-state index in [0.717, 1.165) is 24.0 Å². The van der Waals surface area contributed by atoms with Crippen molar-refractivity contribution in [3.8, 4) is 0 Å². The summed E-state index contributed by atoms with van der Waals surface area (Å²) in [6.45, 7) is 0. The van der Waals surface area contributed by atoms with Crippen LogP contribution in [0.1, 0.15) is 34.5 Å². The van der Waals surface area contributed by atoms with Crippen molar-refractivity contribution >= 4 is 23.3 Å². The van der Waals surface area contributed by atoms with Gasteiger partial charge in [0.1, 0.15) is 0 Å². The standard InChI is InChI=1S/C18H16N2O3S/c21-16-10-15(13-6-2-1-3-7-13)19-18(20-16)24-11-12-5-4-8-14(9-12)17(22)23/h2,4-10H,1,3,11H2,(H,22,23)(H,19,20,21). The van der Waals surface area contributed by atoms with Gasteiger partial charge in [-0.3, -0.25) is 4.79 Å². The lowest BCUT2D eigenvalue weighted by Gasteiger charge is -2.08. The minimum atomic E-state index is -0.952. The van der Waals surface area contributed by atoms with Crippen LogP contribution in [0.3, 0.4) is 0 Å². The number of aromatic carboxylic acids is 1. The van der Waals surface area contributed by atoms with Crippen LogP contribution < -0.4 is 5.56 Å². The molecule has 122 valence electrons. The summed E-state index contributed by atoms with van der Waals surface area (Å²) in [5.41, 5.74) is 2.55. The lowest BCUT2D eigenvalue weighted by molar-refractivity contribution is 0.0697. The number of thioether (sulfide) groups is 1. The van der Waals surface area contributed by atoms with E-state index in [4.69, 9.17) is 5.11 Å². The van der Waals surface area contributed by atoms with E-state index >= 15 is 0 Å². The Bertz CT molecular complexity index is 884. The van der Waals surface area contributed by atoms with Crippen molar-refractivity contribution in [3.05, 3.63) is 75.7 Å². The van der Waals surface area contributed by atoms with E-state index in [0.29, 0.717) is 16.6 Å². The van der Waals surface area contributed by atoms with Crippen LogP contribution in [0.4, 0.5) is 0 Å². The molecule has 0 aliphatic heterocycles. The molecular formula is C18H16N2O3S. The van der Waals surface area contributed by atoms with Crippen LogP contribution in [0.2, 0.25) is 0 Å². The monoisotopic (exact) mass is 340 g/mol. The molecule has 0 bridgehead atoms. The molecule has 1 aliphatic carbocycles. The molecule has 2 N–H and O–H groups in total. The molecule has 6 heteroatoms. The predicted molar refractivity (Wildman–Crippen MR) is 94.2 cm³/mol. The van der Waals surface area contributed by atoms with Gasteiger partial charge in [0.2, 0.25) is 0 Å². The van der Waals surface area contributed by atoms with Crippen molar-refractivity contribution in [2.45, 2.75) is 23.8 Å². The summed E-state index contributed by atoms with van der Waals surface area (Å²) >= 11 is 1.38. The Balaban J connectivity index is 1.78. The van der Waals surface area contributed by atoms with Crippen LogP contribution >= 0.6 is 11.8 Å². The second-order valence-corrected chi connectivity index (χ2v) is 6.33. The van der Waals surface area contributed by atoms with E-state index in [1.165, 1.54) is 17.8 Å². The van der Waals surface area contributed by atoms with Gasteiger partial charge in [-0.15, -0.1) is 0 Å². The Hall–Kier alpha value is -2.60. The van der Waals surface area contributed by atoms with Crippen molar-refractivity contribution < 1.29 is 9.90 Å². The maximum absolute atomic E-state index is 11.9. The van der Waals surface area contributed by atoms with Gasteiger partial charge in [-0.05, 0) is 36.1 Å². The summed E-state index contributed by atoms with van der Waals surface area (Å²) in [6, 6.07) is 8.25. The number of H-pyrrole nitrogens is 1. The fourth-order valence-corrected chi connectivity index (χ4v) is 3.22. The number of carbonyl (C=O) groups is 1. The van der Waals surface area contributed by atoms with Crippen molar-refractivity contribution in [3.63, 3.8) is 0 Å². The highest BCUT2D eigenvalue weighted by molar-refractivity contribution is 7.98. The van der Waals surface area contributed by atoms with Gasteiger partial charge in [-0.1, -0.05) is 42.1 Å². The fraction of sp³-hybridized carbons (Fsp3) is 0.167. The topological polar surface area (TPSA) is 83.0 Å². The van der Waals surface area contributed by atoms with Crippen LogP contribution in [0, 0.1) is 0 Å². The van der Waals surface area contributed by atoms with Crippen LogP contribution in [0.25, 0.3) is 5.57 Å². The number of aromatic nitrogens is 2. The van der Waals surface area contributed by atoms with Crippen LogP contribution in [-0.4, -0.2) is 21.0 Å². The summed E-state index contributed by atoms with van der Waals surface area (Å²) in [4.78, 5) is 30.1. The number of aromatic amines is 1. The molecule has 0 saturated heterocycles. The maximum Gasteiger partial charge on any atom is 0.335 e. The number of nitrogens with zero attached hydrogens (tertiary/aromatic N) is 1. The lowest BCUT2D eigenvalue weighted by Crippen LogP contribution is -2.09. The number of carboxylic acids is 1. The molecule has 5 nitrogen and oxygen atoms in total. The first-order valence-electron chi connectivity index (χ1n) is 7.55. The molecule has 0 spiro atoms. The number of rotatable bonds is 5. The Kier molecular flexibility index (Phi) is 4.96. The van der Waals surface area contributed by atoms with Gasteiger partial charge in [-0.2, -0.15) is 0 Å². The number of hydrogen-bond donors (Lipinski definition) is 2. The van der Waals surface area contributed by atoms with E-state index in [1.54, 1.807) is 18.2 Å². The Morgan fingerprint density at radius 1 is 1.29 bits per heavy atom. The lowest BCUT2D eigenvalue weighted by atomic mass is 10.0. The van der Waals surface area contributed by atoms with Crippen molar-refractivity contribution in [2.75, 3.05) is 0 Å². The van der Waals surface area contributed by atoms with E-state index in [1.807, 2.05) is 12.1 Å². The average molecular weight is 340 g/mol. The highest BCUT2D eigenvalue weighted by Crippen LogP contribution is 2.23. The van der Waals surface area contributed by atoms with E-state index < -0.39 is 5.97 Å². The number of allylic oxidation sites excluding steroid dienone is 4. The minimum Gasteiger partial charge on any atom is -0.478 e. The average Bonchev–Trinajstić information content (AvgIpc) is 2.60. The molecule has 0 fully saturated rings. The van der Waals surface area contributed by atoms with E-state index in [9.17, 15) is 9.59 Å². The van der Waals surface area contributed by atoms with Crippen molar-refractivity contribution in [2.24, 2.45) is 0 Å². The second kappa shape index (κ2) is 7.31. The van der Waals surface area contributed by atoms with Gasteiger partial charge < -0.3 is 10.1 Å². The SMILES string of the molecule is O=C(O)c1cccc(CSc2nc(C3=CCCC=C3)cc(=O)[nH]2)c1. The molecule has 0 amide bonds. The maximum atomic E-state index is 11.9. The normalized spacial score (nSPS) is 13.6. The molecule has 1 aliphatic rings. The fourth-order valence-electron chi connectivity index (χ4n) is 2.40. The molecule has 0 unspecified atom stereocenters. The Morgan fingerprint density at radius 2 is 2.17 bits per heavy atom. The Labute approximate surface area is 143 Å². The predicted octanol–water partition coefficient (Wildman–Crippen LogP) is 3.49. The molecular weight excluding hydrogens is 324 g/mol. The van der Waals surface area contributed by atoms with Gasteiger partial charge >= 0.3 is 5.97 Å². The summed E-state index contributed by atoms with van der Waals surface area (Å²) in [6.07, 6.45) is 8.09. The number of benzene rings is 1. The molecule has 1 aromatic carbocycles. The zero-order valence-electron chi connectivity index (χ0n) is 12.9. The van der Waals surface area contributed by atoms with Gasteiger partial charge in [0.05, 0.1) is 11.3 Å². The largest absolute Gasteiger partial charge is 0.478 e. The molecule has 2 aromatic rings. The van der Waals surface area contributed by atoms with Crippen molar-refractivity contribution in [1.82, 2.24) is 9.97 Å². The summed E-state index contributed by atoms with van der Waals surface area (Å²) < 4.78 is 0. The number of carboxylic acid groups (broad SMARTS) is 1. The zero-order valence-corrected chi connectivity index (χ0v) is 13.7.